The Labute approximate surface area is 251 Å². The van der Waals surface area contributed by atoms with Crippen molar-refractivity contribution in [2.24, 2.45) is 5.73 Å². The molecule has 2 aromatic rings. The molecule has 42 heavy (non-hydrogen) atoms. The number of halogens is 1. The van der Waals surface area contributed by atoms with Gasteiger partial charge in [0.15, 0.2) is 0 Å². The van der Waals surface area contributed by atoms with E-state index in [1.807, 2.05) is 20.0 Å². The number of amides is 3. The van der Waals surface area contributed by atoms with Crippen molar-refractivity contribution in [3.8, 4) is 0 Å². The maximum absolute atomic E-state index is 12.7. The van der Waals surface area contributed by atoms with Crippen molar-refractivity contribution in [3.05, 3.63) is 103 Å². The van der Waals surface area contributed by atoms with E-state index in [1.165, 1.54) is 46.0 Å². The molecule has 1 aliphatic heterocycles. The molecule has 1 fully saturated rings. The molecule has 0 unspecified atom stereocenters. The first-order valence-electron chi connectivity index (χ1n) is 14.2. The fraction of sp³-hybridized carbons (Fsp3) is 0.394. The third-order valence-corrected chi connectivity index (χ3v) is 6.15. The van der Waals surface area contributed by atoms with E-state index >= 15 is 0 Å². The van der Waals surface area contributed by atoms with Gasteiger partial charge in [-0.3, -0.25) is 4.79 Å². The molecule has 2 aromatic carbocycles. The number of nitrogens with one attached hydrogen (secondary N) is 2. The molecule has 3 amide bonds. The van der Waals surface area contributed by atoms with Gasteiger partial charge in [-0.15, -0.1) is 13.2 Å². The van der Waals surface area contributed by atoms with Crippen LogP contribution in [0.5, 0.6) is 0 Å². The highest BCUT2D eigenvalue weighted by atomic mass is 19.1. The number of hydrogen-bond acceptors (Lipinski definition) is 5. The fourth-order valence-electron chi connectivity index (χ4n) is 4.22. The highest BCUT2D eigenvalue weighted by Gasteiger charge is 2.23. The van der Waals surface area contributed by atoms with E-state index in [9.17, 15) is 14.0 Å². The number of urea groups is 1. The molecule has 0 radical (unpaired) electrons. The van der Waals surface area contributed by atoms with Gasteiger partial charge in [-0.25, -0.2) is 9.18 Å². The number of primary amides is 1. The molecule has 1 saturated heterocycles. The summed E-state index contributed by atoms with van der Waals surface area (Å²) in [4.78, 5) is 28.3. The zero-order valence-electron chi connectivity index (χ0n) is 25.7. The molecule has 0 bridgehead atoms. The number of piperazine rings is 1. The van der Waals surface area contributed by atoms with Crippen molar-refractivity contribution in [1.82, 2.24) is 20.0 Å². The average molecular weight is 581 g/mol. The molecule has 230 valence electrons. The fourth-order valence-corrected chi connectivity index (χ4v) is 4.22. The number of allylic oxidation sites excluding steroid dienone is 3. The van der Waals surface area contributed by atoms with Gasteiger partial charge in [-0.2, -0.15) is 0 Å². The number of hydrogen-bond donors (Lipinski definition) is 3. The van der Waals surface area contributed by atoms with Crippen molar-refractivity contribution in [3.63, 3.8) is 0 Å². The van der Waals surface area contributed by atoms with Crippen LogP contribution in [0.15, 0.2) is 85.6 Å². The van der Waals surface area contributed by atoms with Crippen molar-refractivity contribution in [2.75, 3.05) is 59.2 Å². The summed E-state index contributed by atoms with van der Waals surface area (Å²) < 4.78 is 12.7. The monoisotopic (exact) mass is 580 g/mol. The SMILES string of the molecule is C=CC.C=CC/C(=C\NC)CCCNc1cccc(CN(C)C)c1.NC(=O)N1CCN(C(=O)c2ccc(F)cc2)CC1. The summed E-state index contributed by atoms with van der Waals surface area (Å²) in [6, 6.07) is 13.6. The van der Waals surface area contributed by atoms with E-state index < -0.39 is 6.03 Å². The Morgan fingerprint density at radius 2 is 1.67 bits per heavy atom. The Kier molecular flexibility index (Phi) is 17.7. The first-order chi connectivity index (χ1) is 20.1. The number of nitrogens with zero attached hydrogens (tertiary/aromatic N) is 3. The van der Waals surface area contributed by atoms with Gasteiger partial charge < -0.3 is 31.1 Å². The largest absolute Gasteiger partial charge is 0.394 e. The van der Waals surface area contributed by atoms with E-state index in [4.69, 9.17) is 5.73 Å². The Balaban J connectivity index is 0.000000387. The Morgan fingerprint density at radius 1 is 1.05 bits per heavy atom. The molecule has 1 aliphatic rings. The molecule has 1 heterocycles. The first-order valence-corrected chi connectivity index (χ1v) is 14.2. The van der Waals surface area contributed by atoms with Gasteiger partial charge in [0.2, 0.25) is 0 Å². The minimum absolute atomic E-state index is 0.154. The van der Waals surface area contributed by atoms with Crippen LogP contribution in [-0.4, -0.2) is 80.5 Å². The summed E-state index contributed by atoms with van der Waals surface area (Å²) in [7, 11) is 6.13. The summed E-state index contributed by atoms with van der Waals surface area (Å²) in [6.45, 7) is 12.8. The molecule has 0 spiro atoms. The second-order valence-corrected chi connectivity index (χ2v) is 10.1. The predicted octanol–water partition coefficient (Wildman–Crippen LogP) is 5.47. The third kappa shape index (κ3) is 14.5. The summed E-state index contributed by atoms with van der Waals surface area (Å²) in [5, 5.41) is 6.61. The summed E-state index contributed by atoms with van der Waals surface area (Å²) in [5.74, 6) is -0.524. The normalized spacial score (nSPS) is 12.8. The maximum atomic E-state index is 12.7. The van der Waals surface area contributed by atoms with Gasteiger partial charge in [0.1, 0.15) is 5.82 Å². The van der Waals surface area contributed by atoms with Crippen LogP contribution in [0, 0.1) is 5.82 Å². The van der Waals surface area contributed by atoms with E-state index in [0.717, 1.165) is 32.4 Å². The third-order valence-electron chi connectivity index (χ3n) is 6.15. The molecular formula is C33H49FN6O2. The van der Waals surface area contributed by atoms with Crippen molar-refractivity contribution in [2.45, 2.75) is 32.7 Å². The standard InChI is InChI=1S/C18H29N3.C12H14FN3O2.C3H6/c1-5-8-16(14-19-2)10-7-12-20-18-11-6-9-17(13-18)15-21(3)4;13-10-3-1-9(2-4-10)11(17)15-5-7-16(8-6-15)12(14)18;1-3-2/h5-6,9,11,13-14,19-20H,1,7-8,10,12,15H2,2-4H3;1-4H,5-8H2,(H2,14,18);3H,1H2,2H3/b16-14+;;. The minimum Gasteiger partial charge on any atom is -0.394 e. The number of anilines is 1. The Hall–Kier alpha value is -4.11. The number of benzene rings is 2. The van der Waals surface area contributed by atoms with E-state index in [2.05, 4.69) is 73.3 Å². The van der Waals surface area contributed by atoms with Crippen molar-refractivity contribution < 1.29 is 14.0 Å². The lowest BCUT2D eigenvalue weighted by atomic mass is 10.1. The quantitative estimate of drug-likeness (QED) is 0.242. The van der Waals surface area contributed by atoms with E-state index in [1.54, 1.807) is 11.0 Å². The van der Waals surface area contributed by atoms with Gasteiger partial charge in [-0.05, 0) is 88.4 Å². The number of rotatable bonds is 11. The van der Waals surface area contributed by atoms with E-state index in [-0.39, 0.29) is 11.7 Å². The molecule has 0 atom stereocenters. The summed E-state index contributed by atoms with van der Waals surface area (Å²) in [5.41, 5.74) is 9.55. The molecule has 0 saturated carbocycles. The summed E-state index contributed by atoms with van der Waals surface area (Å²) >= 11 is 0. The van der Waals surface area contributed by atoms with Crippen LogP contribution >= 0.6 is 0 Å². The minimum atomic E-state index is -0.469. The van der Waals surface area contributed by atoms with Crippen molar-refractivity contribution >= 4 is 17.6 Å². The van der Waals surface area contributed by atoms with Crippen LogP contribution in [0.3, 0.4) is 0 Å². The number of carbonyl (C=O) groups excluding carboxylic acids is 2. The number of nitrogens with two attached hydrogens (primary N) is 1. The lowest BCUT2D eigenvalue weighted by molar-refractivity contribution is 0.0669. The highest BCUT2D eigenvalue weighted by Crippen LogP contribution is 2.14. The maximum Gasteiger partial charge on any atom is 0.314 e. The molecule has 4 N–H and O–H groups in total. The lowest BCUT2D eigenvalue weighted by Crippen LogP contribution is -2.52. The topological polar surface area (TPSA) is 93.9 Å². The second kappa shape index (κ2) is 20.7. The van der Waals surface area contributed by atoms with Crippen LogP contribution in [0.2, 0.25) is 0 Å². The lowest BCUT2D eigenvalue weighted by Gasteiger charge is -2.33. The number of carbonyl (C=O) groups is 2. The first kappa shape index (κ1) is 35.9. The molecule has 8 nitrogen and oxygen atoms in total. The van der Waals surface area contributed by atoms with Crippen LogP contribution in [-0.2, 0) is 6.54 Å². The van der Waals surface area contributed by atoms with Crippen LogP contribution in [0.4, 0.5) is 14.9 Å². The van der Waals surface area contributed by atoms with Crippen LogP contribution < -0.4 is 16.4 Å². The summed E-state index contributed by atoms with van der Waals surface area (Å²) in [6.07, 6.45) is 8.97. The van der Waals surface area contributed by atoms with Gasteiger partial charge in [-0.1, -0.05) is 29.9 Å². The molecule has 0 aliphatic carbocycles. The second-order valence-electron chi connectivity index (χ2n) is 10.1. The zero-order chi connectivity index (χ0) is 31.3. The molecule has 3 rings (SSSR count). The predicted molar refractivity (Wildman–Crippen MR) is 173 cm³/mol. The smallest absolute Gasteiger partial charge is 0.314 e. The van der Waals surface area contributed by atoms with Gasteiger partial charge in [0.05, 0.1) is 0 Å². The van der Waals surface area contributed by atoms with Gasteiger partial charge >= 0.3 is 6.03 Å². The Morgan fingerprint density at radius 3 is 2.21 bits per heavy atom. The average Bonchev–Trinajstić information content (AvgIpc) is 2.96. The van der Waals surface area contributed by atoms with E-state index in [0.29, 0.717) is 31.7 Å². The van der Waals surface area contributed by atoms with Crippen LogP contribution in [0.1, 0.15) is 42.1 Å². The molecule has 0 aromatic heterocycles. The molecule has 9 heteroatoms. The molecular weight excluding hydrogens is 531 g/mol. The highest BCUT2D eigenvalue weighted by molar-refractivity contribution is 5.94. The van der Waals surface area contributed by atoms with Crippen molar-refractivity contribution in [1.29, 1.82) is 0 Å². The van der Waals surface area contributed by atoms with Gasteiger partial charge in [0.25, 0.3) is 5.91 Å². The Bertz CT molecular complexity index is 1130. The van der Waals surface area contributed by atoms with Gasteiger partial charge in [0, 0.05) is 57.6 Å². The zero-order valence-corrected chi connectivity index (χ0v) is 25.7. The van der Waals surface area contributed by atoms with Crippen LogP contribution in [0.25, 0.3) is 0 Å².